The lowest BCUT2D eigenvalue weighted by Crippen LogP contribution is -2.53. The van der Waals surface area contributed by atoms with E-state index in [9.17, 15) is 29.6 Å². The molecular formula is C40H34N4O8. The van der Waals surface area contributed by atoms with E-state index in [0.717, 1.165) is 15.5 Å². The monoisotopic (exact) mass is 698 g/mol. The number of phenolic OH excluding ortho intramolecular Hbond substituents is 1. The Morgan fingerprint density at radius 3 is 2.33 bits per heavy atom. The van der Waals surface area contributed by atoms with Gasteiger partial charge < -0.3 is 9.84 Å². The fraction of sp³-hybridized carbons (Fsp3) is 0.250. The third-order valence-electron chi connectivity index (χ3n) is 11.2. The molecule has 52 heavy (non-hydrogen) atoms. The van der Waals surface area contributed by atoms with E-state index >= 15 is 4.79 Å². The number of non-ortho nitro benzene ring substituents is 1. The van der Waals surface area contributed by atoms with Crippen molar-refractivity contribution in [3.63, 3.8) is 0 Å². The summed E-state index contributed by atoms with van der Waals surface area (Å²) < 4.78 is 5.35. The van der Waals surface area contributed by atoms with E-state index in [0.29, 0.717) is 22.4 Å². The summed E-state index contributed by atoms with van der Waals surface area (Å²) in [5.74, 6) is -6.02. The van der Waals surface area contributed by atoms with Crippen LogP contribution in [0.4, 0.5) is 17.1 Å². The van der Waals surface area contributed by atoms with Crippen LogP contribution in [0.5, 0.6) is 11.5 Å². The molecule has 0 aromatic heterocycles. The first kappa shape index (κ1) is 32.9. The van der Waals surface area contributed by atoms with Crippen molar-refractivity contribution in [2.45, 2.75) is 31.1 Å². The quantitative estimate of drug-likeness (QED) is 0.105. The number of phenols is 1. The van der Waals surface area contributed by atoms with Crippen LogP contribution in [0.2, 0.25) is 0 Å². The standard InChI is InChI=1S/C40H34N4O8/c1-22-11-14-25(15-12-22)41-43-37(47)31-21-30-28(16-17-29-34(30)38(48)42(36(29)46)26-9-6-10-27(20-26)44(50)51)35(23-13-18-33(52-2)32(45)19-23)40(31,39(43)49)24-7-4-3-5-8-24/h3-16,18-20,29-31,34-35,41,45H,17,21H2,1-2H3. The summed E-state index contributed by atoms with van der Waals surface area (Å²) in [7, 11) is 1.43. The van der Waals surface area contributed by atoms with Crippen LogP contribution < -0.4 is 15.1 Å². The van der Waals surface area contributed by atoms with Gasteiger partial charge >= 0.3 is 0 Å². The van der Waals surface area contributed by atoms with Crippen molar-refractivity contribution in [2.24, 2.45) is 23.7 Å². The third-order valence-corrected chi connectivity index (χ3v) is 11.2. The smallest absolute Gasteiger partial charge is 0.271 e. The lowest BCUT2D eigenvalue weighted by atomic mass is 9.49. The summed E-state index contributed by atoms with van der Waals surface area (Å²) in [4.78, 5) is 70.5. The van der Waals surface area contributed by atoms with Gasteiger partial charge in [-0.25, -0.2) is 4.90 Å². The molecule has 2 heterocycles. The number of hydrogen-bond donors (Lipinski definition) is 2. The molecule has 2 N–H and O–H groups in total. The molecular weight excluding hydrogens is 664 g/mol. The second kappa shape index (κ2) is 12.2. The molecule has 4 aliphatic rings. The molecule has 12 heteroatoms. The number of methoxy groups -OCH3 is 1. The number of fused-ring (bicyclic) bond motifs is 4. The number of carbonyl (C=O) groups is 4. The molecule has 3 fully saturated rings. The molecule has 2 aliphatic heterocycles. The second-order valence-corrected chi connectivity index (χ2v) is 13.8. The lowest BCUT2D eigenvalue weighted by Gasteiger charge is -2.50. The van der Waals surface area contributed by atoms with Crippen LogP contribution in [0, 0.1) is 40.7 Å². The van der Waals surface area contributed by atoms with Crippen molar-refractivity contribution in [1.29, 1.82) is 0 Å². The number of nitrogens with one attached hydrogen (secondary N) is 1. The number of aryl methyl sites for hydroxylation is 1. The summed E-state index contributed by atoms with van der Waals surface area (Å²) >= 11 is 0. The fourth-order valence-electron chi connectivity index (χ4n) is 9.01. The molecule has 12 nitrogen and oxygen atoms in total. The van der Waals surface area contributed by atoms with Gasteiger partial charge in [-0.05, 0) is 67.1 Å². The molecule has 8 rings (SSSR count). The van der Waals surface area contributed by atoms with E-state index in [1.54, 1.807) is 24.3 Å². The molecule has 6 atom stereocenters. The molecule has 0 spiro atoms. The van der Waals surface area contributed by atoms with Crippen LogP contribution in [-0.2, 0) is 24.6 Å². The molecule has 262 valence electrons. The molecule has 4 amide bonds. The number of nitrogens with zero attached hydrogens (tertiary/aromatic N) is 3. The molecule has 2 saturated heterocycles. The van der Waals surface area contributed by atoms with Crippen LogP contribution in [0.25, 0.3) is 0 Å². The topological polar surface area (TPSA) is 159 Å². The average Bonchev–Trinajstić information content (AvgIpc) is 3.53. The van der Waals surface area contributed by atoms with Gasteiger partial charge in [-0.15, -0.1) is 0 Å². The number of carbonyl (C=O) groups excluding carboxylic acids is 4. The highest BCUT2D eigenvalue weighted by Gasteiger charge is 2.70. The van der Waals surface area contributed by atoms with E-state index < -0.39 is 63.6 Å². The number of amides is 4. The molecule has 2 aliphatic carbocycles. The zero-order valence-electron chi connectivity index (χ0n) is 28.3. The molecule has 1 saturated carbocycles. The number of hydrogen-bond acceptors (Lipinski definition) is 9. The number of rotatable bonds is 7. The highest BCUT2D eigenvalue weighted by Crippen LogP contribution is 2.64. The van der Waals surface area contributed by atoms with Crippen molar-refractivity contribution in [3.8, 4) is 11.5 Å². The SMILES string of the molecule is COc1ccc(C2C3=CCC4C(=O)N(c5cccc([N+](=O)[O-])c5)C(=O)C4C3CC3C(=O)N(Nc4ccc(C)cc4)C(=O)C32c2ccccc2)cc1O. The minimum atomic E-state index is -1.50. The zero-order valence-corrected chi connectivity index (χ0v) is 28.3. The number of anilines is 2. The third kappa shape index (κ3) is 4.74. The van der Waals surface area contributed by atoms with Gasteiger partial charge in [0.25, 0.3) is 17.5 Å². The van der Waals surface area contributed by atoms with Gasteiger partial charge in [0.2, 0.25) is 11.8 Å². The Kier molecular flexibility index (Phi) is 7.70. The fourth-order valence-corrected chi connectivity index (χ4v) is 9.01. The number of aromatic hydroxyl groups is 1. The highest BCUT2D eigenvalue weighted by atomic mass is 16.6. The van der Waals surface area contributed by atoms with Gasteiger partial charge in [-0.3, -0.25) is 34.7 Å². The molecule has 4 aromatic rings. The summed E-state index contributed by atoms with van der Waals surface area (Å²) in [6.45, 7) is 1.93. The van der Waals surface area contributed by atoms with Gasteiger partial charge in [0.15, 0.2) is 11.5 Å². The first-order chi connectivity index (χ1) is 25.1. The van der Waals surface area contributed by atoms with Crippen LogP contribution >= 0.6 is 0 Å². The summed E-state index contributed by atoms with van der Waals surface area (Å²) in [6.07, 6.45) is 2.17. The average molecular weight is 699 g/mol. The minimum Gasteiger partial charge on any atom is -0.504 e. The van der Waals surface area contributed by atoms with Crippen LogP contribution in [0.1, 0.15) is 35.4 Å². The van der Waals surface area contributed by atoms with E-state index in [1.165, 1.54) is 37.4 Å². The Labute approximate surface area is 298 Å². The maximum absolute atomic E-state index is 15.2. The van der Waals surface area contributed by atoms with Gasteiger partial charge in [0, 0.05) is 18.1 Å². The van der Waals surface area contributed by atoms with Crippen molar-refractivity contribution in [3.05, 3.63) is 136 Å². The Hall–Kier alpha value is -6.30. The molecule has 0 radical (unpaired) electrons. The molecule has 0 bridgehead atoms. The normalized spacial score (nSPS) is 26.4. The largest absolute Gasteiger partial charge is 0.504 e. The molecule has 4 aromatic carbocycles. The first-order valence-corrected chi connectivity index (χ1v) is 17.0. The van der Waals surface area contributed by atoms with Crippen molar-refractivity contribution < 1.29 is 33.9 Å². The van der Waals surface area contributed by atoms with Crippen LogP contribution in [0.15, 0.2) is 109 Å². The van der Waals surface area contributed by atoms with Gasteiger partial charge in [-0.1, -0.05) is 71.8 Å². The number of imide groups is 2. The minimum absolute atomic E-state index is 0.0823. The zero-order chi connectivity index (χ0) is 36.5. The number of nitro groups is 1. The Balaban J connectivity index is 1.31. The van der Waals surface area contributed by atoms with E-state index in [1.807, 2.05) is 55.5 Å². The Morgan fingerprint density at radius 2 is 1.63 bits per heavy atom. The summed E-state index contributed by atoms with van der Waals surface area (Å²) in [5, 5.41) is 23.7. The number of ether oxygens (including phenoxy) is 1. The predicted molar refractivity (Wildman–Crippen MR) is 189 cm³/mol. The number of benzene rings is 4. The summed E-state index contributed by atoms with van der Waals surface area (Å²) in [6, 6.07) is 26.7. The van der Waals surface area contributed by atoms with E-state index in [2.05, 4.69) is 5.43 Å². The highest BCUT2D eigenvalue weighted by molar-refractivity contribution is 6.22. The van der Waals surface area contributed by atoms with Crippen molar-refractivity contribution >= 4 is 40.7 Å². The van der Waals surface area contributed by atoms with Crippen LogP contribution in [0.3, 0.4) is 0 Å². The van der Waals surface area contributed by atoms with Gasteiger partial charge in [0.05, 0.1) is 46.6 Å². The number of nitro benzene ring substituents is 1. The van der Waals surface area contributed by atoms with Gasteiger partial charge in [0.1, 0.15) is 0 Å². The second-order valence-electron chi connectivity index (χ2n) is 13.8. The van der Waals surface area contributed by atoms with E-state index in [-0.39, 0.29) is 35.7 Å². The maximum Gasteiger partial charge on any atom is 0.271 e. The molecule has 6 unspecified atom stereocenters. The van der Waals surface area contributed by atoms with Gasteiger partial charge in [-0.2, -0.15) is 5.01 Å². The van der Waals surface area contributed by atoms with Crippen molar-refractivity contribution in [1.82, 2.24) is 5.01 Å². The number of allylic oxidation sites excluding steroid dienone is 2. The number of hydrazine groups is 1. The van der Waals surface area contributed by atoms with Crippen LogP contribution in [-0.4, -0.2) is 45.8 Å². The first-order valence-electron chi connectivity index (χ1n) is 17.0. The Bertz CT molecular complexity index is 2200. The lowest BCUT2D eigenvalue weighted by molar-refractivity contribution is -0.384. The van der Waals surface area contributed by atoms with E-state index in [4.69, 9.17) is 4.74 Å². The predicted octanol–water partition coefficient (Wildman–Crippen LogP) is 5.81. The van der Waals surface area contributed by atoms with Crippen molar-refractivity contribution in [2.75, 3.05) is 17.4 Å². The maximum atomic E-state index is 15.2. The summed E-state index contributed by atoms with van der Waals surface area (Å²) in [5.41, 5.74) is 4.79. The Morgan fingerprint density at radius 1 is 0.885 bits per heavy atom.